The van der Waals surface area contributed by atoms with Crippen molar-refractivity contribution in [3.05, 3.63) is 88.6 Å². The normalized spacial score (nSPS) is 10.8. The van der Waals surface area contributed by atoms with Crippen LogP contribution in [0, 0.1) is 0 Å². The highest BCUT2D eigenvalue weighted by Crippen LogP contribution is 2.31. The minimum atomic E-state index is -0.381. The maximum atomic E-state index is 12.3. The summed E-state index contributed by atoms with van der Waals surface area (Å²) in [5.41, 5.74) is 1.50. The number of fused-ring (bicyclic) bond motifs is 1. The molecule has 1 aromatic heterocycles. The lowest BCUT2D eigenvalue weighted by molar-refractivity contribution is 0.306. The summed E-state index contributed by atoms with van der Waals surface area (Å²) in [7, 11) is 0. The van der Waals surface area contributed by atoms with Gasteiger partial charge in [0.25, 0.3) is 0 Å². The molecule has 134 valence electrons. The fourth-order valence-corrected chi connectivity index (χ4v) is 2.85. The molecule has 0 aliphatic rings. The molecule has 5 nitrogen and oxygen atoms in total. The molecule has 0 atom stereocenters. The van der Waals surface area contributed by atoms with Crippen molar-refractivity contribution in [1.82, 2.24) is 0 Å². The lowest BCUT2D eigenvalue weighted by Gasteiger charge is -2.08. The molecule has 0 amide bonds. The van der Waals surface area contributed by atoms with E-state index in [1.807, 2.05) is 30.3 Å². The zero-order valence-corrected chi connectivity index (χ0v) is 14.3. The Balaban J connectivity index is 1.61. The van der Waals surface area contributed by atoms with Crippen molar-refractivity contribution in [2.24, 2.45) is 0 Å². The van der Waals surface area contributed by atoms with Crippen molar-refractivity contribution < 1.29 is 19.4 Å². The zero-order valence-electron chi connectivity index (χ0n) is 14.3. The van der Waals surface area contributed by atoms with Crippen LogP contribution in [0.3, 0.4) is 0 Å². The third-order valence-corrected chi connectivity index (χ3v) is 4.18. The van der Waals surface area contributed by atoms with Gasteiger partial charge in [0.1, 0.15) is 40.6 Å². The minimum Gasteiger partial charge on any atom is -0.508 e. The smallest absolute Gasteiger partial charge is 0.197 e. The third kappa shape index (κ3) is 3.48. The molecular formula is C22H16O5. The summed E-state index contributed by atoms with van der Waals surface area (Å²) < 4.78 is 11.4. The van der Waals surface area contributed by atoms with Crippen molar-refractivity contribution in [3.8, 4) is 28.6 Å². The molecule has 0 saturated carbocycles. The summed E-state index contributed by atoms with van der Waals surface area (Å²) in [6.45, 7) is 0.462. The summed E-state index contributed by atoms with van der Waals surface area (Å²) in [6.07, 6.45) is 0. The Morgan fingerprint density at radius 2 is 1.63 bits per heavy atom. The molecule has 0 radical (unpaired) electrons. The van der Waals surface area contributed by atoms with Crippen molar-refractivity contribution in [2.75, 3.05) is 0 Å². The molecule has 0 spiro atoms. The van der Waals surface area contributed by atoms with E-state index in [9.17, 15) is 15.0 Å². The molecule has 0 saturated heterocycles. The number of hydrogen-bond donors (Lipinski definition) is 2. The first-order valence-electron chi connectivity index (χ1n) is 8.37. The van der Waals surface area contributed by atoms with Crippen LogP contribution in [0.25, 0.3) is 22.3 Å². The number of phenols is 2. The van der Waals surface area contributed by atoms with Crippen molar-refractivity contribution >= 4 is 11.0 Å². The number of hydrogen-bond acceptors (Lipinski definition) is 5. The maximum Gasteiger partial charge on any atom is 0.197 e. The quantitative estimate of drug-likeness (QED) is 0.562. The van der Waals surface area contributed by atoms with Crippen molar-refractivity contribution in [2.45, 2.75) is 6.61 Å². The SMILES string of the molecule is O=c1cc(-c2ccc(OCc3ccccc3)cc2)oc2cc(O)cc(O)c12. The largest absolute Gasteiger partial charge is 0.508 e. The average Bonchev–Trinajstić information content (AvgIpc) is 2.66. The summed E-state index contributed by atoms with van der Waals surface area (Å²) in [5.74, 6) is 0.549. The summed E-state index contributed by atoms with van der Waals surface area (Å²) in [5, 5.41) is 19.5. The Bertz CT molecular complexity index is 1150. The molecule has 1 heterocycles. The Morgan fingerprint density at radius 1 is 0.889 bits per heavy atom. The Labute approximate surface area is 154 Å². The highest BCUT2D eigenvalue weighted by atomic mass is 16.5. The van der Waals surface area contributed by atoms with E-state index in [-0.39, 0.29) is 27.9 Å². The fraction of sp³-hybridized carbons (Fsp3) is 0.0455. The van der Waals surface area contributed by atoms with Crippen LogP contribution in [0.1, 0.15) is 5.56 Å². The van der Waals surface area contributed by atoms with Gasteiger partial charge >= 0.3 is 0 Å². The molecule has 4 rings (SSSR count). The van der Waals surface area contributed by atoms with Crippen LogP contribution in [0.5, 0.6) is 17.2 Å². The van der Waals surface area contributed by atoms with Gasteiger partial charge in [-0.2, -0.15) is 0 Å². The molecule has 0 unspecified atom stereocenters. The van der Waals surface area contributed by atoms with Gasteiger partial charge in [-0.15, -0.1) is 0 Å². The van der Waals surface area contributed by atoms with E-state index in [2.05, 4.69) is 0 Å². The molecule has 0 aliphatic carbocycles. The first kappa shape index (κ1) is 16.7. The first-order chi connectivity index (χ1) is 13.1. The van der Waals surface area contributed by atoms with Gasteiger partial charge in [0.2, 0.25) is 0 Å². The van der Waals surface area contributed by atoms with Gasteiger partial charge in [0.05, 0.1) is 0 Å². The number of aromatic hydroxyl groups is 2. The first-order valence-corrected chi connectivity index (χ1v) is 8.37. The van der Waals surface area contributed by atoms with Crippen molar-refractivity contribution in [1.29, 1.82) is 0 Å². The van der Waals surface area contributed by atoms with Crippen LogP contribution in [-0.4, -0.2) is 10.2 Å². The average molecular weight is 360 g/mol. The lowest BCUT2D eigenvalue weighted by atomic mass is 10.1. The summed E-state index contributed by atoms with van der Waals surface area (Å²) >= 11 is 0. The summed E-state index contributed by atoms with van der Waals surface area (Å²) in [6, 6.07) is 20.7. The van der Waals surface area contributed by atoms with Gasteiger partial charge in [-0.3, -0.25) is 4.79 Å². The number of phenolic OH excluding ortho intramolecular Hbond substituents is 2. The van der Waals surface area contributed by atoms with Gasteiger partial charge in [-0.1, -0.05) is 30.3 Å². The number of benzene rings is 3. The highest BCUT2D eigenvalue weighted by Gasteiger charge is 2.12. The molecule has 0 fully saturated rings. The van der Waals surface area contributed by atoms with E-state index in [4.69, 9.17) is 9.15 Å². The van der Waals surface area contributed by atoms with Gasteiger partial charge in [-0.25, -0.2) is 0 Å². The minimum absolute atomic E-state index is 0.0411. The number of ether oxygens (including phenoxy) is 1. The fourth-order valence-electron chi connectivity index (χ4n) is 2.85. The van der Waals surface area contributed by atoms with E-state index in [1.54, 1.807) is 24.3 Å². The van der Waals surface area contributed by atoms with Crippen LogP contribution < -0.4 is 10.2 Å². The molecular weight excluding hydrogens is 344 g/mol. The van der Waals surface area contributed by atoms with Crippen LogP contribution in [0.2, 0.25) is 0 Å². The topological polar surface area (TPSA) is 79.9 Å². The standard InChI is InChI=1S/C22H16O5/c23-16-10-18(24)22-19(25)12-20(27-21(22)11-16)15-6-8-17(9-7-15)26-13-14-4-2-1-3-5-14/h1-12,23-24H,13H2. The van der Waals surface area contributed by atoms with E-state index < -0.39 is 0 Å². The zero-order chi connectivity index (χ0) is 18.8. The monoisotopic (exact) mass is 360 g/mol. The van der Waals surface area contributed by atoms with Gasteiger partial charge in [0, 0.05) is 23.8 Å². The van der Waals surface area contributed by atoms with E-state index >= 15 is 0 Å². The Morgan fingerprint density at radius 3 is 2.37 bits per heavy atom. The molecule has 27 heavy (non-hydrogen) atoms. The maximum absolute atomic E-state index is 12.3. The predicted octanol–water partition coefficient (Wildman–Crippen LogP) is 4.45. The Hall–Kier alpha value is -3.73. The lowest BCUT2D eigenvalue weighted by Crippen LogP contribution is -2.00. The van der Waals surface area contributed by atoms with E-state index in [0.717, 1.165) is 11.6 Å². The second-order valence-electron chi connectivity index (χ2n) is 6.11. The number of rotatable bonds is 4. The third-order valence-electron chi connectivity index (χ3n) is 4.18. The van der Waals surface area contributed by atoms with Crippen molar-refractivity contribution in [3.63, 3.8) is 0 Å². The van der Waals surface area contributed by atoms with Crippen LogP contribution in [0.15, 0.2) is 82.0 Å². The molecule has 4 aromatic rings. The summed E-state index contributed by atoms with van der Waals surface area (Å²) in [4.78, 5) is 12.3. The van der Waals surface area contributed by atoms with Gasteiger partial charge in [0.15, 0.2) is 5.43 Å². The predicted molar refractivity (Wildman–Crippen MR) is 102 cm³/mol. The molecule has 0 aliphatic heterocycles. The second-order valence-corrected chi connectivity index (χ2v) is 6.11. The molecule has 2 N–H and O–H groups in total. The molecule has 5 heteroatoms. The van der Waals surface area contributed by atoms with Crippen LogP contribution in [0.4, 0.5) is 0 Å². The van der Waals surface area contributed by atoms with E-state index in [0.29, 0.717) is 23.7 Å². The van der Waals surface area contributed by atoms with Crippen LogP contribution in [-0.2, 0) is 6.61 Å². The molecule has 0 bridgehead atoms. The second kappa shape index (κ2) is 6.88. The highest BCUT2D eigenvalue weighted by molar-refractivity contribution is 5.86. The Kier molecular flexibility index (Phi) is 4.26. The van der Waals surface area contributed by atoms with Gasteiger partial charge in [-0.05, 0) is 29.8 Å². The molecule has 3 aromatic carbocycles. The van der Waals surface area contributed by atoms with E-state index in [1.165, 1.54) is 12.1 Å². The van der Waals surface area contributed by atoms with Gasteiger partial charge < -0.3 is 19.4 Å². The van der Waals surface area contributed by atoms with Crippen LogP contribution >= 0.6 is 0 Å².